The number of rotatable bonds is 10. The molecule has 0 bridgehead atoms. The predicted molar refractivity (Wildman–Crippen MR) is 130 cm³/mol. The standard InChI is InChI=1S/C23H23BrN2O3S2/c24-19-9-7-10-20(17-19)26(31(28,29)22-13-5-2-6-14-22)18-23(27)25-15-8-16-30-21-11-3-1-4-12-21/h1-7,9-14,17H,8,15-16,18H2,(H,25,27). The van der Waals surface area contributed by atoms with Crippen LogP contribution in [0.15, 0.2) is 99.2 Å². The van der Waals surface area contributed by atoms with E-state index in [2.05, 4.69) is 21.2 Å². The van der Waals surface area contributed by atoms with Crippen LogP contribution >= 0.6 is 27.7 Å². The third kappa shape index (κ3) is 6.85. The van der Waals surface area contributed by atoms with Crippen molar-refractivity contribution < 1.29 is 13.2 Å². The van der Waals surface area contributed by atoms with Crippen LogP contribution in [0.4, 0.5) is 5.69 Å². The Morgan fingerprint density at radius 1 is 0.935 bits per heavy atom. The van der Waals surface area contributed by atoms with Crippen LogP contribution in [0.1, 0.15) is 6.42 Å². The minimum absolute atomic E-state index is 0.141. The van der Waals surface area contributed by atoms with E-state index in [1.54, 1.807) is 54.2 Å². The molecule has 0 aliphatic carbocycles. The first-order valence-electron chi connectivity index (χ1n) is 9.75. The molecule has 0 heterocycles. The van der Waals surface area contributed by atoms with Crippen molar-refractivity contribution in [2.75, 3.05) is 23.1 Å². The second-order valence-electron chi connectivity index (χ2n) is 6.67. The van der Waals surface area contributed by atoms with Gasteiger partial charge in [0.15, 0.2) is 0 Å². The molecule has 0 unspecified atom stereocenters. The van der Waals surface area contributed by atoms with Gasteiger partial charge in [0.2, 0.25) is 5.91 Å². The first kappa shape index (κ1) is 23.4. The van der Waals surface area contributed by atoms with Crippen LogP contribution in [0.3, 0.4) is 0 Å². The SMILES string of the molecule is O=C(CN(c1cccc(Br)c1)S(=O)(=O)c1ccccc1)NCCCSc1ccccc1. The van der Waals surface area contributed by atoms with E-state index in [1.165, 1.54) is 17.0 Å². The van der Waals surface area contributed by atoms with Crippen molar-refractivity contribution in [2.45, 2.75) is 16.2 Å². The number of halogens is 1. The van der Waals surface area contributed by atoms with E-state index < -0.39 is 10.0 Å². The molecule has 0 aliphatic rings. The second kappa shape index (κ2) is 11.4. The number of sulfonamides is 1. The quantitative estimate of drug-likeness (QED) is 0.304. The maximum absolute atomic E-state index is 13.2. The highest BCUT2D eigenvalue weighted by molar-refractivity contribution is 9.10. The van der Waals surface area contributed by atoms with Crippen molar-refractivity contribution in [1.82, 2.24) is 5.32 Å². The number of nitrogens with one attached hydrogen (secondary N) is 1. The van der Waals surface area contributed by atoms with E-state index >= 15 is 0 Å². The molecule has 3 rings (SSSR count). The molecule has 0 aliphatic heterocycles. The summed E-state index contributed by atoms with van der Waals surface area (Å²) in [5.74, 6) is 0.520. The normalized spacial score (nSPS) is 11.1. The Balaban J connectivity index is 1.64. The molecule has 162 valence electrons. The second-order valence-corrected chi connectivity index (χ2v) is 10.6. The molecule has 31 heavy (non-hydrogen) atoms. The monoisotopic (exact) mass is 518 g/mol. The van der Waals surface area contributed by atoms with Gasteiger partial charge in [-0.15, -0.1) is 11.8 Å². The van der Waals surface area contributed by atoms with Gasteiger partial charge < -0.3 is 5.32 Å². The number of hydrogen-bond acceptors (Lipinski definition) is 4. The lowest BCUT2D eigenvalue weighted by molar-refractivity contribution is -0.119. The van der Waals surface area contributed by atoms with Gasteiger partial charge in [-0.3, -0.25) is 9.10 Å². The lowest BCUT2D eigenvalue weighted by Crippen LogP contribution is -2.41. The number of anilines is 1. The fraction of sp³-hybridized carbons (Fsp3) is 0.174. The third-order valence-corrected chi connectivity index (χ3v) is 7.75. The van der Waals surface area contributed by atoms with E-state index in [1.807, 2.05) is 30.3 Å². The summed E-state index contributed by atoms with van der Waals surface area (Å²) < 4.78 is 28.4. The van der Waals surface area contributed by atoms with Crippen LogP contribution in [0, 0.1) is 0 Å². The zero-order valence-electron chi connectivity index (χ0n) is 16.8. The third-order valence-electron chi connectivity index (χ3n) is 4.37. The molecule has 0 saturated heterocycles. The molecule has 0 saturated carbocycles. The number of amides is 1. The van der Waals surface area contributed by atoms with Gasteiger partial charge in [-0.1, -0.05) is 58.4 Å². The summed E-state index contributed by atoms with van der Waals surface area (Å²) in [5.41, 5.74) is 0.424. The summed E-state index contributed by atoms with van der Waals surface area (Å²) in [6.45, 7) is 0.190. The van der Waals surface area contributed by atoms with Gasteiger partial charge >= 0.3 is 0 Å². The van der Waals surface area contributed by atoms with Gasteiger partial charge in [-0.2, -0.15) is 0 Å². The first-order valence-corrected chi connectivity index (χ1v) is 13.0. The van der Waals surface area contributed by atoms with Crippen LogP contribution in [-0.2, 0) is 14.8 Å². The zero-order chi connectivity index (χ0) is 22.1. The van der Waals surface area contributed by atoms with E-state index in [0.29, 0.717) is 12.2 Å². The molecule has 1 amide bonds. The van der Waals surface area contributed by atoms with Crippen LogP contribution < -0.4 is 9.62 Å². The van der Waals surface area contributed by atoms with Gasteiger partial charge in [0.25, 0.3) is 10.0 Å². The van der Waals surface area contributed by atoms with Crippen LogP contribution in [-0.4, -0.2) is 33.2 Å². The Morgan fingerprint density at radius 3 is 2.29 bits per heavy atom. The molecular formula is C23H23BrN2O3S2. The first-order chi connectivity index (χ1) is 15.0. The highest BCUT2D eigenvalue weighted by Crippen LogP contribution is 2.26. The molecule has 3 aromatic rings. The summed E-state index contributed by atoms with van der Waals surface area (Å²) in [4.78, 5) is 13.9. The Labute approximate surface area is 196 Å². The molecule has 8 heteroatoms. The van der Waals surface area contributed by atoms with Crippen molar-refractivity contribution in [3.05, 3.63) is 89.4 Å². The van der Waals surface area contributed by atoms with Gasteiger partial charge in [0.1, 0.15) is 6.54 Å². The number of benzene rings is 3. The minimum Gasteiger partial charge on any atom is -0.354 e. The Hall–Kier alpha value is -2.29. The molecule has 0 fully saturated rings. The topological polar surface area (TPSA) is 66.5 Å². The number of carbonyl (C=O) groups excluding carboxylic acids is 1. The number of thioether (sulfide) groups is 1. The zero-order valence-corrected chi connectivity index (χ0v) is 20.0. The van der Waals surface area contributed by atoms with Crippen LogP contribution in [0.25, 0.3) is 0 Å². The summed E-state index contributed by atoms with van der Waals surface area (Å²) in [7, 11) is -3.89. The van der Waals surface area contributed by atoms with Crippen molar-refractivity contribution in [3.8, 4) is 0 Å². The Kier molecular flexibility index (Phi) is 8.57. The minimum atomic E-state index is -3.89. The van der Waals surface area contributed by atoms with Crippen molar-refractivity contribution in [3.63, 3.8) is 0 Å². The van der Waals surface area contributed by atoms with Crippen LogP contribution in [0.5, 0.6) is 0 Å². The molecule has 0 aromatic heterocycles. The smallest absolute Gasteiger partial charge is 0.264 e. The molecule has 3 aromatic carbocycles. The molecule has 0 spiro atoms. The summed E-state index contributed by atoms with van der Waals surface area (Å²) in [5, 5.41) is 2.84. The van der Waals surface area contributed by atoms with E-state index in [0.717, 1.165) is 21.0 Å². The summed E-state index contributed by atoms with van der Waals surface area (Å²) in [6, 6.07) is 25.1. The number of hydrogen-bond donors (Lipinski definition) is 1. The highest BCUT2D eigenvalue weighted by atomic mass is 79.9. The lowest BCUT2D eigenvalue weighted by Gasteiger charge is -2.24. The van der Waals surface area contributed by atoms with Gasteiger partial charge in [0.05, 0.1) is 10.6 Å². The summed E-state index contributed by atoms with van der Waals surface area (Å²) >= 11 is 5.10. The van der Waals surface area contributed by atoms with Crippen LogP contribution in [0.2, 0.25) is 0 Å². The number of nitrogens with zero attached hydrogens (tertiary/aromatic N) is 1. The highest BCUT2D eigenvalue weighted by Gasteiger charge is 2.27. The molecule has 0 atom stereocenters. The maximum Gasteiger partial charge on any atom is 0.264 e. The Morgan fingerprint density at radius 2 is 1.61 bits per heavy atom. The van der Waals surface area contributed by atoms with Gasteiger partial charge in [-0.05, 0) is 54.6 Å². The summed E-state index contributed by atoms with van der Waals surface area (Å²) in [6.07, 6.45) is 0.785. The van der Waals surface area contributed by atoms with Crippen molar-refractivity contribution in [1.29, 1.82) is 0 Å². The van der Waals surface area contributed by atoms with Crippen molar-refractivity contribution >= 4 is 49.3 Å². The van der Waals surface area contributed by atoms with E-state index in [4.69, 9.17) is 0 Å². The predicted octanol–water partition coefficient (Wildman–Crippen LogP) is 4.94. The Bertz CT molecular complexity index is 1090. The van der Waals surface area contributed by atoms with Crippen molar-refractivity contribution in [2.24, 2.45) is 0 Å². The maximum atomic E-state index is 13.2. The average molecular weight is 519 g/mol. The lowest BCUT2D eigenvalue weighted by atomic mass is 10.3. The van der Waals surface area contributed by atoms with Gasteiger partial charge in [0, 0.05) is 15.9 Å². The van der Waals surface area contributed by atoms with Gasteiger partial charge in [-0.25, -0.2) is 8.42 Å². The molecule has 5 nitrogen and oxygen atoms in total. The largest absolute Gasteiger partial charge is 0.354 e. The fourth-order valence-electron chi connectivity index (χ4n) is 2.86. The molecule has 1 N–H and O–H groups in total. The average Bonchev–Trinajstić information content (AvgIpc) is 2.78. The number of carbonyl (C=O) groups is 1. The fourth-order valence-corrected chi connectivity index (χ4v) is 5.55. The van der Waals surface area contributed by atoms with E-state index in [9.17, 15) is 13.2 Å². The molecule has 0 radical (unpaired) electrons. The molecular weight excluding hydrogens is 496 g/mol. The van der Waals surface area contributed by atoms with E-state index in [-0.39, 0.29) is 17.3 Å².